The number of anilines is 2. The summed E-state index contributed by atoms with van der Waals surface area (Å²) in [5.41, 5.74) is 2.93. The first-order valence-electron chi connectivity index (χ1n) is 12.6. The van der Waals surface area contributed by atoms with E-state index in [0.29, 0.717) is 25.1 Å². The zero-order valence-corrected chi connectivity index (χ0v) is 20.4. The maximum absolute atomic E-state index is 12.7. The largest absolute Gasteiger partial charge is 0.352 e. The number of carbonyl (C=O) groups is 3. The van der Waals surface area contributed by atoms with Crippen molar-refractivity contribution in [1.29, 1.82) is 0 Å². The molecule has 3 amide bonds. The Labute approximate surface area is 210 Å². The minimum absolute atomic E-state index is 0.0135. The second kappa shape index (κ2) is 10.5. The average molecular weight is 486 g/mol. The maximum atomic E-state index is 12.7. The Balaban J connectivity index is 1.14. The summed E-state index contributed by atoms with van der Waals surface area (Å²) in [6.45, 7) is 4.83. The number of hydrogen-bond acceptors (Lipinski definition) is 5. The number of amides is 3. The molecule has 2 saturated heterocycles. The van der Waals surface area contributed by atoms with E-state index in [0.717, 1.165) is 48.2 Å². The Morgan fingerprint density at radius 3 is 2.64 bits per heavy atom. The summed E-state index contributed by atoms with van der Waals surface area (Å²) in [6, 6.07) is 16.4. The van der Waals surface area contributed by atoms with E-state index in [1.54, 1.807) is 17.2 Å². The first-order valence-corrected chi connectivity index (χ1v) is 12.6. The Morgan fingerprint density at radius 1 is 1.08 bits per heavy atom. The molecule has 2 aliphatic rings. The molecule has 3 heterocycles. The number of nitrogens with one attached hydrogen (secondary N) is 2. The third-order valence-electron chi connectivity index (χ3n) is 7.14. The number of aromatic nitrogens is 1. The smallest absolute Gasteiger partial charge is 0.251 e. The summed E-state index contributed by atoms with van der Waals surface area (Å²) < 4.78 is 0. The monoisotopic (exact) mass is 485 g/mol. The first-order chi connectivity index (χ1) is 17.5. The normalized spacial score (nSPS) is 19.0. The molecule has 186 valence electrons. The average Bonchev–Trinajstić information content (AvgIpc) is 3.57. The lowest BCUT2D eigenvalue weighted by Crippen LogP contribution is -2.40. The molecule has 2 unspecified atom stereocenters. The van der Waals surface area contributed by atoms with Gasteiger partial charge in [0.25, 0.3) is 5.91 Å². The van der Waals surface area contributed by atoms with E-state index < -0.39 is 0 Å². The summed E-state index contributed by atoms with van der Waals surface area (Å²) >= 11 is 0. The fourth-order valence-corrected chi connectivity index (χ4v) is 4.99. The van der Waals surface area contributed by atoms with Crippen molar-refractivity contribution in [1.82, 2.24) is 15.2 Å². The highest BCUT2D eigenvalue weighted by Crippen LogP contribution is 2.26. The quantitative estimate of drug-likeness (QED) is 0.535. The van der Waals surface area contributed by atoms with Gasteiger partial charge < -0.3 is 15.5 Å². The Hall–Kier alpha value is -3.78. The summed E-state index contributed by atoms with van der Waals surface area (Å²) in [4.78, 5) is 46.1. The zero-order chi connectivity index (χ0) is 25.1. The van der Waals surface area contributed by atoms with Gasteiger partial charge in [0.1, 0.15) is 0 Å². The van der Waals surface area contributed by atoms with Crippen LogP contribution in [0.2, 0.25) is 0 Å². The maximum Gasteiger partial charge on any atom is 0.251 e. The van der Waals surface area contributed by atoms with Crippen molar-refractivity contribution in [2.45, 2.75) is 32.2 Å². The van der Waals surface area contributed by atoms with Crippen molar-refractivity contribution in [2.75, 3.05) is 36.4 Å². The molecule has 0 aliphatic carbocycles. The number of hydrogen-bond donors (Lipinski definition) is 2. The molecule has 2 fully saturated rings. The van der Waals surface area contributed by atoms with Crippen molar-refractivity contribution < 1.29 is 14.4 Å². The van der Waals surface area contributed by atoms with Gasteiger partial charge in [-0.25, -0.2) is 0 Å². The molecule has 3 aromatic rings. The van der Waals surface area contributed by atoms with Crippen LogP contribution in [0.3, 0.4) is 0 Å². The molecule has 0 spiro atoms. The van der Waals surface area contributed by atoms with Gasteiger partial charge in [-0.2, -0.15) is 0 Å². The predicted octanol–water partition coefficient (Wildman–Crippen LogP) is 3.44. The molecule has 0 bridgehead atoms. The van der Waals surface area contributed by atoms with E-state index in [1.165, 1.54) is 0 Å². The number of fused-ring (bicyclic) bond motifs is 1. The van der Waals surface area contributed by atoms with E-state index in [1.807, 2.05) is 55.5 Å². The van der Waals surface area contributed by atoms with Crippen LogP contribution in [0.1, 0.15) is 36.5 Å². The van der Waals surface area contributed by atoms with E-state index in [4.69, 9.17) is 0 Å². The Morgan fingerprint density at radius 2 is 1.86 bits per heavy atom. The van der Waals surface area contributed by atoms with Crippen LogP contribution < -0.4 is 15.5 Å². The molecule has 0 saturated carbocycles. The van der Waals surface area contributed by atoms with Gasteiger partial charge in [0.2, 0.25) is 11.8 Å². The van der Waals surface area contributed by atoms with Crippen molar-refractivity contribution in [3.05, 3.63) is 66.4 Å². The molecule has 2 atom stereocenters. The molecule has 2 aromatic carbocycles. The predicted molar refractivity (Wildman–Crippen MR) is 140 cm³/mol. The van der Waals surface area contributed by atoms with Crippen molar-refractivity contribution >= 4 is 40.0 Å². The van der Waals surface area contributed by atoms with Crippen LogP contribution in [0, 0.1) is 5.92 Å². The van der Waals surface area contributed by atoms with Gasteiger partial charge in [0, 0.05) is 53.9 Å². The minimum Gasteiger partial charge on any atom is -0.352 e. The van der Waals surface area contributed by atoms with E-state index in [-0.39, 0.29) is 29.7 Å². The van der Waals surface area contributed by atoms with Crippen LogP contribution in [-0.4, -0.2) is 59.8 Å². The molecule has 8 heteroatoms. The molecular formula is C28H31N5O3. The topological polar surface area (TPSA) is 94.6 Å². The molecule has 5 rings (SSSR count). The van der Waals surface area contributed by atoms with Crippen LogP contribution in [0.4, 0.5) is 11.4 Å². The highest BCUT2D eigenvalue weighted by molar-refractivity contribution is 5.99. The standard InChI is InChI=1S/C28H31N5O3/c1-19(32-13-2-3-14-32)27(35)31-23-7-9-24(10-8-23)33-18-20(15-26(33)34)17-30-28(36)22-6-11-25-21(16-22)5-4-12-29-25/h4-12,16,19-20H,2-3,13-15,17-18H2,1H3,(H,30,36)(H,31,35). The molecule has 2 N–H and O–H groups in total. The lowest BCUT2D eigenvalue weighted by Gasteiger charge is -2.23. The van der Waals surface area contributed by atoms with E-state index in [9.17, 15) is 14.4 Å². The van der Waals surface area contributed by atoms with Crippen LogP contribution in [0.25, 0.3) is 10.9 Å². The highest BCUT2D eigenvalue weighted by Gasteiger charge is 2.31. The summed E-state index contributed by atoms with van der Waals surface area (Å²) in [6.07, 6.45) is 4.39. The van der Waals surface area contributed by atoms with Gasteiger partial charge in [0.15, 0.2) is 0 Å². The van der Waals surface area contributed by atoms with Gasteiger partial charge in [-0.3, -0.25) is 24.3 Å². The van der Waals surface area contributed by atoms with E-state index >= 15 is 0 Å². The fraction of sp³-hybridized carbons (Fsp3) is 0.357. The van der Waals surface area contributed by atoms with E-state index in [2.05, 4.69) is 20.5 Å². The third-order valence-corrected chi connectivity index (χ3v) is 7.14. The Kier molecular flexibility index (Phi) is 6.95. The van der Waals surface area contributed by atoms with Gasteiger partial charge in [-0.15, -0.1) is 0 Å². The third kappa shape index (κ3) is 5.23. The summed E-state index contributed by atoms with van der Waals surface area (Å²) in [5, 5.41) is 6.87. The van der Waals surface area contributed by atoms with Gasteiger partial charge in [0.05, 0.1) is 11.6 Å². The van der Waals surface area contributed by atoms with Crippen molar-refractivity contribution in [2.24, 2.45) is 5.92 Å². The van der Waals surface area contributed by atoms with Crippen LogP contribution in [-0.2, 0) is 9.59 Å². The lowest BCUT2D eigenvalue weighted by molar-refractivity contribution is -0.120. The first kappa shape index (κ1) is 23.9. The minimum atomic E-state index is -0.158. The summed E-state index contributed by atoms with van der Waals surface area (Å²) in [5.74, 6) is -0.106. The fourth-order valence-electron chi connectivity index (χ4n) is 4.99. The van der Waals surface area contributed by atoms with Crippen molar-refractivity contribution in [3.8, 4) is 0 Å². The lowest BCUT2D eigenvalue weighted by atomic mass is 10.1. The number of rotatable bonds is 7. The van der Waals surface area contributed by atoms with Gasteiger partial charge >= 0.3 is 0 Å². The molecule has 2 aliphatic heterocycles. The highest BCUT2D eigenvalue weighted by atomic mass is 16.2. The molecule has 8 nitrogen and oxygen atoms in total. The van der Waals surface area contributed by atoms with Crippen LogP contribution in [0.15, 0.2) is 60.8 Å². The van der Waals surface area contributed by atoms with Crippen LogP contribution in [0.5, 0.6) is 0 Å². The van der Waals surface area contributed by atoms with Crippen LogP contribution >= 0.6 is 0 Å². The molecule has 0 radical (unpaired) electrons. The number of nitrogens with zero attached hydrogens (tertiary/aromatic N) is 3. The molecule has 36 heavy (non-hydrogen) atoms. The summed E-state index contributed by atoms with van der Waals surface area (Å²) in [7, 11) is 0. The molecular weight excluding hydrogens is 454 g/mol. The number of carbonyl (C=O) groups excluding carboxylic acids is 3. The second-order valence-electron chi connectivity index (χ2n) is 9.65. The SMILES string of the molecule is CC(C(=O)Nc1ccc(N2CC(CNC(=O)c3ccc4ncccc4c3)CC2=O)cc1)N1CCCC1. The van der Waals surface area contributed by atoms with Gasteiger partial charge in [-0.05, 0) is 81.4 Å². The van der Waals surface area contributed by atoms with Crippen molar-refractivity contribution in [3.63, 3.8) is 0 Å². The number of likely N-dealkylation sites (tertiary alicyclic amines) is 1. The van der Waals surface area contributed by atoms with Gasteiger partial charge in [-0.1, -0.05) is 6.07 Å². The molecule has 1 aromatic heterocycles. The second-order valence-corrected chi connectivity index (χ2v) is 9.65. The number of benzene rings is 2. The zero-order valence-electron chi connectivity index (χ0n) is 20.4. The number of pyridine rings is 1. The Bertz CT molecular complexity index is 1270.